The number of aromatic hydroxyl groups is 1. The quantitative estimate of drug-likeness (QED) is 0.0672. The molecule has 6 aromatic rings. The number of nitrogens with two attached hydrogens (primary N) is 1. The van der Waals surface area contributed by atoms with E-state index < -0.39 is 36.0 Å². The number of anilines is 4. The van der Waals surface area contributed by atoms with Crippen molar-refractivity contribution in [2.45, 2.75) is 14.7 Å². The number of fused-ring (bicyclic) bond motifs is 2. The molecular weight excluding hydrogens is 798 g/mol. The smallest absolute Gasteiger partial charge is 0.339 e. The zero-order valence-electron chi connectivity index (χ0n) is 27.7. The highest BCUT2D eigenvalue weighted by molar-refractivity contribution is 7.93. The number of ether oxygens (including phenoxy) is 1. The molecule has 54 heavy (non-hydrogen) atoms. The monoisotopic (exact) mass is 825 g/mol. The fraction of sp³-hybridized carbons (Fsp3) is 0.0286. The van der Waals surface area contributed by atoms with E-state index in [-0.39, 0.29) is 47.5 Å². The number of phenols is 1. The molecule has 14 nitrogen and oxygen atoms in total. The number of thiocarbonyl (C=S) groups is 1. The van der Waals surface area contributed by atoms with Gasteiger partial charge in [-0.1, -0.05) is 29.8 Å². The number of benzene rings is 6. The molecule has 0 aromatic heterocycles. The van der Waals surface area contributed by atoms with Gasteiger partial charge in [0.15, 0.2) is 5.11 Å². The Morgan fingerprint density at radius 1 is 0.667 bits per heavy atom. The lowest BCUT2D eigenvalue weighted by molar-refractivity contribution is 0.0601. The van der Waals surface area contributed by atoms with Crippen LogP contribution in [0, 0.1) is 0 Å². The maximum atomic E-state index is 13.3. The maximum absolute atomic E-state index is 13.3. The highest BCUT2D eigenvalue weighted by Gasteiger charge is 2.20. The summed E-state index contributed by atoms with van der Waals surface area (Å²) in [5.41, 5.74) is 1.02. The van der Waals surface area contributed by atoms with Crippen LogP contribution in [0.3, 0.4) is 0 Å². The Bertz CT molecular complexity index is 2850. The molecule has 0 aliphatic rings. The molecule has 0 bridgehead atoms. The van der Waals surface area contributed by atoms with Gasteiger partial charge in [0.05, 0.1) is 38.1 Å². The predicted octanol–water partition coefficient (Wildman–Crippen LogP) is 6.20. The highest BCUT2D eigenvalue weighted by Crippen LogP contribution is 2.32. The van der Waals surface area contributed by atoms with Crippen LogP contribution in [0.2, 0.25) is 5.02 Å². The Kier molecular flexibility index (Phi) is 10.4. The Morgan fingerprint density at radius 2 is 1.26 bits per heavy atom. The minimum absolute atomic E-state index is 0.00142. The number of hydrogen-bond donors (Lipinski definition) is 6. The molecule has 0 spiro atoms. The number of esters is 1. The maximum Gasteiger partial charge on any atom is 0.339 e. The molecule has 0 aliphatic carbocycles. The van der Waals surface area contributed by atoms with E-state index in [1.54, 1.807) is 42.5 Å². The van der Waals surface area contributed by atoms with Crippen molar-refractivity contribution >= 4 is 109 Å². The van der Waals surface area contributed by atoms with Crippen LogP contribution in [0.4, 0.5) is 22.7 Å². The third-order valence-corrected chi connectivity index (χ3v) is 12.1. The lowest BCUT2D eigenvalue weighted by atomic mass is 10.1. The topological polar surface area (TPSA) is 223 Å². The molecule has 19 heteroatoms. The highest BCUT2D eigenvalue weighted by atomic mass is 35.5. The summed E-state index contributed by atoms with van der Waals surface area (Å²) in [6.45, 7) is 0. The third kappa shape index (κ3) is 8.49. The van der Waals surface area contributed by atoms with Gasteiger partial charge in [-0.15, -0.1) is 0 Å². The first-order valence-corrected chi connectivity index (χ1v) is 20.7. The summed E-state index contributed by atoms with van der Waals surface area (Å²) in [7, 11) is -11.3. The van der Waals surface area contributed by atoms with Gasteiger partial charge in [0, 0.05) is 28.5 Å². The van der Waals surface area contributed by atoms with Gasteiger partial charge in [0.1, 0.15) is 5.75 Å². The molecule has 0 saturated heterocycles. The summed E-state index contributed by atoms with van der Waals surface area (Å²) in [6.07, 6.45) is 0. The zero-order chi connectivity index (χ0) is 39.0. The van der Waals surface area contributed by atoms with Crippen LogP contribution in [0.25, 0.3) is 21.5 Å². The number of carbonyl (C=O) groups excluding carboxylic acids is 1. The van der Waals surface area contributed by atoms with Crippen molar-refractivity contribution in [3.8, 4) is 5.75 Å². The van der Waals surface area contributed by atoms with Gasteiger partial charge < -0.3 is 20.5 Å². The number of hydrogen-bond acceptors (Lipinski definition) is 10. The fourth-order valence-corrected chi connectivity index (χ4v) is 8.52. The van der Waals surface area contributed by atoms with Crippen molar-refractivity contribution in [1.82, 2.24) is 0 Å². The zero-order valence-corrected chi connectivity index (χ0v) is 31.7. The van der Waals surface area contributed by atoms with E-state index >= 15 is 0 Å². The summed E-state index contributed by atoms with van der Waals surface area (Å²) in [6, 6.07) is 26.0. The van der Waals surface area contributed by atoms with Crippen LogP contribution >= 0.6 is 23.8 Å². The number of nitrogens with one attached hydrogen (secondary N) is 4. The molecule has 0 aliphatic heterocycles. The molecule has 6 aromatic carbocycles. The van der Waals surface area contributed by atoms with Crippen LogP contribution in [-0.2, 0) is 34.8 Å². The van der Waals surface area contributed by atoms with Crippen molar-refractivity contribution in [3.63, 3.8) is 0 Å². The van der Waals surface area contributed by atoms with Crippen molar-refractivity contribution in [1.29, 1.82) is 0 Å². The second-order valence-corrected chi connectivity index (χ2v) is 17.4. The SMILES string of the molecule is COC(=O)c1cc(NS(=O)(=O)c2ccc3ccc(NC(=S)Nc4ccc5c(O)cc(S(=O)(=O)Nc6cccc(S(N)(=O)=O)c6)cc5c4)cc3c2)ccc1Cl. The molecule has 0 unspecified atom stereocenters. The van der Waals surface area contributed by atoms with E-state index in [0.717, 1.165) is 17.5 Å². The molecule has 7 N–H and O–H groups in total. The molecule has 0 amide bonds. The van der Waals surface area contributed by atoms with E-state index in [1.807, 2.05) is 0 Å². The van der Waals surface area contributed by atoms with Crippen LogP contribution in [0.1, 0.15) is 10.4 Å². The summed E-state index contributed by atoms with van der Waals surface area (Å²) >= 11 is 11.6. The Labute approximate surface area is 320 Å². The Hall–Kier alpha value is -5.50. The first-order chi connectivity index (χ1) is 25.4. The first kappa shape index (κ1) is 38.2. The van der Waals surface area contributed by atoms with E-state index in [1.165, 1.54) is 61.7 Å². The summed E-state index contributed by atoms with van der Waals surface area (Å²) in [5, 5.41) is 24.1. The predicted molar refractivity (Wildman–Crippen MR) is 212 cm³/mol. The molecule has 0 fully saturated rings. The number of methoxy groups -OCH3 is 1. The van der Waals surface area contributed by atoms with Crippen LogP contribution < -0.4 is 25.2 Å². The van der Waals surface area contributed by atoms with Gasteiger partial charge in [-0.25, -0.2) is 35.2 Å². The number of rotatable bonds is 10. The van der Waals surface area contributed by atoms with E-state index in [9.17, 15) is 35.2 Å². The van der Waals surface area contributed by atoms with Crippen molar-refractivity contribution in [2.75, 3.05) is 27.2 Å². The number of carbonyl (C=O) groups is 1. The molecule has 0 saturated carbocycles. The fourth-order valence-electron chi connectivity index (χ4n) is 5.34. The van der Waals surface area contributed by atoms with Gasteiger partial charge >= 0.3 is 5.97 Å². The standard InChI is InChI=1S/C35H28ClN5O9S4/c1-50-34(43)31-18-26(9-12-32(31)36)41-53(46,47)28-10-6-20-5-7-23(13-21(20)15-28)38-35(51)39-24-8-11-30-22(14-24)16-29(19-33(30)42)54(48,49)40-25-3-2-4-27(17-25)52(37,44)45/h2-19,40-42H,1H3,(H2,37,44,45)(H2,38,39,51). The average Bonchev–Trinajstić information content (AvgIpc) is 3.11. The first-order valence-electron chi connectivity index (χ1n) is 15.4. The minimum atomic E-state index is -4.29. The third-order valence-electron chi connectivity index (χ3n) is 7.89. The van der Waals surface area contributed by atoms with Crippen molar-refractivity contribution in [3.05, 3.63) is 120 Å². The van der Waals surface area contributed by atoms with Gasteiger partial charge in [-0.2, -0.15) is 0 Å². The van der Waals surface area contributed by atoms with E-state index in [4.69, 9.17) is 33.7 Å². The second kappa shape index (κ2) is 14.7. The lowest BCUT2D eigenvalue weighted by Gasteiger charge is -2.14. The normalized spacial score (nSPS) is 11.9. The van der Waals surface area contributed by atoms with E-state index in [0.29, 0.717) is 27.5 Å². The van der Waals surface area contributed by atoms with Crippen molar-refractivity contribution in [2.24, 2.45) is 5.14 Å². The van der Waals surface area contributed by atoms with Gasteiger partial charge in [0.2, 0.25) is 10.0 Å². The van der Waals surface area contributed by atoms with Gasteiger partial charge in [0.25, 0.3) is 20.0 Å². The van der Waals surface area contributed by atoms with Crippen molar-refractivity contribution < 1.29 is 39.9 Å². The molecule has 0 atom stereocenters. The van der Waals surface area contributed by atoms with Gasteiger partial charge in [-0.05, 0) is 113 Å². The molecule has 6 rings (SSSR count). The molecular formula is C35H28ClN5O9S4. The minimum Gasteiger partial charge on any atom is -0.507 e. The second-order valence-electron chi connectivity index (χ2n) is 11.7. The van der Waals surface area contributed by atoms with Crippen LogP contribution in [-0.4, -0.2) is 48.6 Å². The number of phenolic OH excluding ortho intramolecular Hbond substituents is 1. The number of halogens is 1. The Balaban J connectivity index is 1.19. The van der Waals surface area contributed by atoms with Gasteiger partial charge in [-0.3, -0.25) is 9.44 Å². The Morgan fingerprint density at radius 3 is 1.94 bits per heavy atom. The van der Waals surface area contributed by atoms with Crippen LogP contribution in [0.15, 0.2) is 124 Å². The summed E-state index contributed by atoms with van der Waals surface area (Å²) in [4.78, 5) is 11.4. The number of sulfonamides is 3. The molecule has 0 heterocycles. The summed E-state index contributed by atoms with van der Waals surface area (Å²) in [5.74, 6) is -1.04. The summed E-state index contributed by atoms with van der Waals surface area (Å²) < 4.78 is 85.9. The molecule has 278 valence electrons. The van der Waals surface area contributed by atoms with Crippen LogP contribution in [0.5, 0.6) is 5.75 Å². The largest absolute Gasteiger partial charge is 0.507 e. The lowest BCUT2D eigenvalue weighted by Crippen LogP contribution is -2.19. The molecule has 0 radical (unpaired) electrons. The average molecular weight is 826 g/mol. The number of primary sulfonamides is 1. The van der Waals surface area contributed by atoms with E-state index in [2.05, 4.69) is 20.1 Å².